The molecule has 2 rings (SSSR count). The van der Waals surface area contributed by atoms with Gasteiger partial charge in [-0.1, -0.05) is 5.16 Å². The Morgan fingerprint density at radius 2 is 2.28 bits per heavy atom. The van der Waals surface area contributed by atoms with E-state index in [1.54, 1.807) is 6.07 Å². The Morgan fingerprint density at radius 1 is 1.50 bits per heavy atom. The molecule has 0 aliphatic carbocycles. The summed E-state index contributed by atoms with van der Waals surface area (Å²) in [4.78, 5) is 10.8. The van der Waals surface area contributed by atoms with Gasteiger partial charge in [-0.2, -0.15) is 0 Å². The molecule has 2 aromatic rings. The van der Waals surface area contributed by atoms with E-state index in [0.717, 1.165) is 0 Å². The number of halogens is 2. The van der Waals surface area contributed by atoms with Gasteiger partial charge >= 0.3 is 5.97 Å². The first kappa shape index (κ1) is 12.6. The average Bonchev–Trinajstić information content (AvgIpc) is 2.83. The van der Waals surface area contributed by atoms with E-state index >= 15 is 0 Å². The molecule has 1 aromatic heterocycles. The van der Waals surface area contributed by atoms with Crippen molar-refractivity contribution in [2.45, 2.75) is 6.54 Å². The van der Waals surface area contributed by atoms with E-state index in [2.05, 4.69) is 26.4 Å². The smallest absolute Gasteiger partial charge is 0.336 e. The average molecular weight is 315 g/mol. The van der Waals surface area contributed by atoms with E-state index in [0.29, 0.717) is 5.76 Å². The third kappa shape index (κ3) is 2.51. The lowest BCUT2D eigenvalue weighted by Gasteiger charge is -2.08. The van der Waals surface area contributed by atoms with Crippen LogP contribution in [0.25, 0.3) is 0 Å². The highest BCUT2D eigenvalue weighted by molar-refractivity contribution is 9.10. The highest BCUT2D eigenvalue weighted by Gasteiger charge is 2.15. The summed E-state index contributed by atoms with van der Waals surface area (Å²) in [5, 5.41) is 15.1. The van der Waals surface area contributed by atoms with Gasteiger partial charge in [-0.15, -0.1) is 0 Å². The van der Waals surface area contributed by atoms with Crippen molar-refractivity contribution in [3.8, 4) is 0 Å². The largest absolute Gasteiger partial charge is 0.478 e. The van der Waals surface area contributed by atoms with Gasteiger partial charge in [0.25, 0.3) is 0 Å². The maximum Gasteiger partial charge on any atom is 0.336 e. The van der Waals surface area contributed by atoms with Crippen LogP contribution in [0, 0.1) is 5.82 Å². The molecular formula is C11H8BrFN2O3. The number of rotatable bonds is 4. The number of anilines is 1. The van der Waals surface area contributed by atoms with Gasteiger partial charge in [-0.25, -0.2) is 9.18 Å². The van der Waals surface area contributed by atoms with Crippen molar-refractivity contribution >= 4 is 27.6 Å². The zero-order valence-corrected chi connectivity index (χ0v) is 10.6. The lowest BCUT2D eigenvalue weighted by atomic mass is 10.2. The van der Waals surface area contributed by atoms with E-state index in [1.165, 1.54) is 18.3 Å². The summed E-state index contributed by atoms with van der Waals surface area (Å²) in [6.45, 7) is 0.260. The first-order valence-corrected chi connectivity index (χ1v) is 5.73. The van der Waals surface area contributed by atoms with Gasteiger partial charge in [0.2, 0.25) is 0 Å². The maximum atomic E-state index is 13.8. The Bertz CT molecular complexity index is 572. The van der Waals surface area contributed by atoms with E-state index < -0.39 is 11.8 Å². The number of aromatic nitrogens is 1. The van der Waals surface area contributed by atoms with Crippen molar-refractivity contribution in [2.24, 2.45) is 0 Å². The Labute approximate surface area is 110 Å². The van der Waals surface area contributed by atoms with Crippen LogP contribution in [-0.2, 0) is 6.54 Å². The van der Waals surface area contributed by atoms with Gasteiger partial charge in [-0.05, 0) is 28.1 Å². The molecule has 5 nitrogen and oxygen atoms in total. The molecule has 94 valence electrons. The Morgan fingerprint density at radius 3 is 2.89 bits per heavy atom. The number of carbonyl (C=O) groups is 1. The minimum absolute atomic E-state index is 0.0856. The summed E-state index contributed by atoms with van der Waals surface area (Å²) < 4.78 is 18.6. The third-order valence-corrected chi connectivity index (χ3v) is 3.03. The summed E-state index contributed by atoms with van der Waals surface area (Å²) in [7, 11) is 0. The standard InChI is InChI=1S/C11H8BrFN2O3/c12-9-7(11(16)17)1-2-8(10(9)13)14-5-6-3-4-15-18-6/h1-4,14H,5H2,(H,16,17). The molecule has 1 aromatic carbocycles. The van der Waals surface area contributed by atoms with E-state index in [9.17, 15) is 9.18 Å². The minimum Gasteiger partial charge on any atom is -0.478 e. The SMILES string of the molecule is O=C(O)c1ccc(NCc2ccno2)c(F)c1Br. The van der Waals surface area contributed by atoms with Crippen molar-refractivity contribution in [1.82, 2.24) is 5.16 Å². The molecule has 0 saturated carbocycles. The lowest BCUT2D eigenvalue weighted by molar-refractivity contribution is 0.0695. The van der Waals surface area contributed by atoms with Crippen LogP contribution in [0.1, 0.15) is 16.1 Å². The van der Waals surface area contributed by atoms with Gasteiger partial charge in [0.15, 0.2) is 11.6 Å². The molecule has 0 aliphatic rings. The predicted molar refractivity (Wildman–Crippen MR) is 64.9 cm³/mol. The molecule has 2 N–H and O–H groups in total. The van der Waals surface area contributed by atoms with Crippen LogP contribution >= 0.6 is 15.9 Å². The molecule has 0 atom stereocenters. The fraction of sp³-hybridized carbons (Fsp3) is 0.0909. The van der Waals surface area contributed by atoms with Crippen molar-refractivity contribution in [3.05, 3.63) is 46.0 Å². The van der Waals surface area contributed by atoms with Gasteiger partial charge in [-0.3, -0.25) is 0 Å². The second kappa shape index (κ2) is 5.18. The van der Waals surface area contributed by atoms with Crippen molar-refractivity contribution < 1.29 is 18.8 Å². The number of carboxylic acids is 1. The van der Waals surface area contributed by atoms with E-state index in [4.69, 9.17) is 9.63 Å². The molecule has 0 aliphatic heterocycles. The molecular weight excluding hydrogens is 307 g/mol. The molecule has 0 saturated heterocycles. The second-order valence-electron chi connectivity index (χ2n) is 3.43. The fourth-order valence-corrected chi connectivity index (χ4v) is 1.88. The predicted octanol–water partition coefficient (Wildman–Crippen LogP) is 2.89. The highest BCUT2D eigenvalue weighted by Crippen LogP contribution is 2.27. The summed E-state index contributed by atoms with van der Waals surface area (Å²) in [6, 6.07) is 4.32. The summed E-state index contributed by atoms with van der Waals surface area (Å²) >= 11 is 2.92. The normalized spacial score (nSPS) is 10.3. The number of hydrogen-bond donors (Lipinski definition) is 2. The number of hydrogen-bond acceptors (Lipinski definition) is 4. The van der Waals surface area contributed by atoms with Crippen LogP contribution in [0.4, 0.5) is 10.1 Å². The molecule has 7 heteroatoms. The van der Waals surface area contributed by atoms with Gasteiger partial charge in [0, 0.05) is 6.07 Å². The molecule has 1 heterocycles. The van der Waals surface area contributed by atoms with Crippen LogP contribution in [-0.4, -0.2) is 16.2 Å². The molecule has 18 heavy (non-hydrogen) atoms. The van der Waals surface area contributed by atoms with Gasteiger partial charge in [0.05, 0.1) is 28.5 Å². The Hall–Kier alpha value is -1.89. The first-order chi connectivity index (χ1) is 8.59. The molecule has 0 amide bonds. The van der Waals surface area contributed by atoms with Gasteiger partial charge in [0.1, 0.15) is 0 Å². The number of aromatic carboxylic acids is 1. The topological polar surface area (TPSA) is 75.4 Å². The van der Waals surface area contributed by atoms with Crippen LogP contribution in [0.3, 0.4) is 0 Å². The summed E-state index contributed by atoms with van der Waals surface area (Å²) in [5.74, 6) is -1.30. The Balaban J connectivity index is 2.19. The number of nitrogens with zero attached hydrogens (tertiary/aromatic N) is 1. The Kier molecular flexibility index (Phi) is 3.61. The van der Waals surface area contributed by atoms with Crippen molar-refractivity contribution in [3.63, 3.8) is 0 Å². The van der Waals surface area contributed by atoms with Crippen LogP contribution < -0.4 is 5.32 Å². The van der Waals surface area contributed by atoms with Crippen LogP contribution in [0.2, 0.25) is 0 Å². The zero-order chi connectivity index (χ0) is 13.1. The van der Waals surface area contributed by atoms with Crippen LogP contribution in [0.5, 0.6) is 0 Å². The summed E-state index contributed by atoms with van der Waals surface area (Å²) in [5.41, 5.74) is 0.0565. The molecule has 0 fully saturated rings. The third-order valence-electron chi connectivity index (χ3n) is 2.26. The van der Waals surface area contributed by atoms with Crippen molar-refractivity contribution in [2.75, 3.05) is 5.32 Å². The van der Waals surface area contributed by atoms with Gasteiger partial charge < -0.3 is 14.9 Å². The zero-order valence-electron chi connectivity index (χ0n) is 8.98. The quantitative estimate of drug-likeness (QED) is 0.907. The van der Waals surface area contributed by atoms with E-state index in [1.807, 2.05) is 0 Å². The minimum atomic E-state index is -1.19. The number of nitrogens with one attached hydrogen (secondary N) is 1. The molecule has 0 radical (unpaired) electrons. The molecule has 0 spiro atoms. The number of carboxylic acid groups (broad SMARTS) is 1. The first-order valence-electron chi connectivity index (χ1n) is 4.94. The lowest BCUT2D eigenvalue weighted by Crippen LogP contribution is -2.05. The van der Waals surface area contributed by atoms with E-state index in [-0.39, 0.29) is 22.3 Å². The monoisotopic (exact) mass is 314 g/mol. The van der Waals surface area contributed by atoms with Crippen LogP contribution in [0.15, 0.2) is 33.4 Å². The maximum absolute atomic E-state index is 13.8. The number of benzene rings is 1. The molecule has 0 unspecified atom stereocenters. The second-order valence-corrected chi connectivity index (χ2v) is 4.22. The molecule has 0 bridgehead atoms. The van der Waals surface area contributed by atoms with Crippen molar-refractivity contribution in [1.29, 1.82) is 0 Å². The fourth-order valence-electron chi connectivity index (χ4n) is 1.37. The summed E-state index contributed by atoms with van der Waals surface area (Å²) in [6.07, 6.45) is 1.48. The highest BCUT2D eigenvalue weighted by atomic mass is 79.9.